The van der Waals surface area contributed by atoms with Gasteiger partial charge in [0, 0.05) is 6.54 Å². The highest BCUT2D eigenvalue weighted by Gasteiger charge is 2.34. The van der Waals surface area contributed by atoms with E-state index in [0.29, 0.717) is 19.8 Å². The van der Waals surface area contributed by atoms with E-state index in [1.807, 2.05) is 39.0 Å². The SMILES string of the molecule is CCC(CC)(CN)C(=O)NC(C)c1ccc2c(c1)OCCO2. The van der Waals surface area contributed by atoms with Gasteiger partial charge < -0.3 is 20.5 Å². The molecule has 1 atom stereocenters. The molecule has 1 aliphatic heterocycles. The first-order valence-electron chi connectivity index (χ1n) is 7.97. The van der Waals surface area contributed by atoms with Gasteiger partial charge in [-0.05, 0) is 37.5 Å². The van der Waals surface area contributed by atoms with E-state index in [1.54, 1.807) is 0 Å². The van der Waals surface area contributed by atoms with E-state index >= 15 is 0 Å². The third-order valence-electron chi connectivity index (χ3n) is 4.64. The summed E-state index contributed by atoms with van der Waals surface area (Å²) in [7, 11) is 0. The van der Waals surface area contributed by atoms with Crippen LogP contribution in [0.5, 0.6) is 11.5 Å². The van der Waals surface area contributed by atoms with Gasteiger partial charge >= 0.3 is 0 Å². The Hall–Kier alpha value is -1.75. The summed E-state index contributed by atoms with van der Waals surface area (Å²) >= 11 is 0. The molecule has 3 N–H and O–H groups in total. The molecule has 1 heterocycles. The molecule has 1 aromatic rings. The number of hydrogen-bond donors (Lipinski definition) is 2. The molecule has 1 aliphatic rings. The normalized spacial score (nSPS) is 15.3. The van der Waals surface area contributed by atoms with Crippen molar-refractivity contribution >= 4 is 5.91 Å². The number of ether oxygens (including phenoxy) is 2. The van der Waals surface area contributed by atoms with Crippen LogP contribution in [0.1, 0.15) is 45.2 Å². The van der Waals surface area contributed by atoms with Gasteiger partial charge in [-0.15, -0.1) is 0 Å². The lowest BCUT2D eigenvalue weighted by Gasteiger charge is -2.30. The third kappa shape index (κ3) is 3.19. The van der Waals surface area contributed by atoms with Gasteiger partial charge in [-0.25, -0.2) is 0 Å². The van der Waals surface area contributed by atoms with Crippen molar-refractivity contribution < 1.29 is 14.3 Å². The Morgan fingerprint density at radius 1 is 1.27 bits per heavy atom. The van der Waals surface area contributed by atoms with Gasteiger partial charge in [-0.2, -0.15) is 0 Å². The zero-order valence-corrected chi connectivity index (χ0v) is 13.6. The van der Waals surface area contributed by atoms with E-state index in [9.17, 15) is 4.79 Å². The maximum atomic E-state index is 12.6. The molecule has 1 unspecified atom stereocenters. The Balaban J connectivity index is 2.11. The number of carbonyl (C=O) groups excluding carboxylic acids is 1. The van der Waals surface area contributed by atoms with E-state index in [-0.39, 0.29) is 11.9 Å². The zero-order valence-electron chi connectivity index (χ0n) is 13.6. The molecular formula is C17H26N2O3. The molecule has 5 heteroatoms. The standard InChI is InChI=1S/C17H26N2O3/c1-4-17(5-2,11-18)16(20)19-12(3)13-6-7-14-15(10-13)22-9-8-21-14/h6-7,10,12H,4-5,8-9,11,18H2,1-3H3,(H,19,20). The second-order valence-electron chi connectivity index (χ2n) is 5.79. The number of fused-ring (bicyclic) bond motifs is 1. The Morgan fingerprint density at radius 3 is 2.50 bits per heavy atom. The van der Waals surface area contributed by atoms with Crippen molar-refractivity contribution in [2.24, 2.45) is 11.1 Å². The monoisotopic (exact) mass is 306 g/mol. The molecule has 0 saturated carbocycles. The highest BCUT2D eigenvalue weighted by atomic mass is 16.6. The smallest absolute Gasteiger partial charge is 0.227 e. The third-order valence-corrected chi connectivity index (χ3v) is 4.64. The maximum absolute atomic E-state index is 12.6. The lowest BCUT2D eigenvalue weighted by Crippen LogP contribution is -2.46. The molecule has 1 aromatic carbocycles. The number of hydrogen-bond acceptors (Lipinski definition) is 4. The minimum Gasteiger partial charge on any atom is -0.486 e. The number of nitrogens with one attached hydrogen (secondary N) is 1. The zero-order chi connectivity index (χ0) is 16.2. The lowest BCUT2D eigenvalue weighted by atomic mass is 9.81. The molecule has 0 radical (unpaired) electrons. The largest absolute Gasteiger partial charge is 0.486 e. The molecule has 0 saturated heterocycles. The van der Waals surface area contributed by atoms with Crippen molar-refractivity contribution in [3.05, 3.63) is 23.8 Å². The molecule has 1 amide bonds. The fraction of sp³-hybridized carbons (Fsp3) is 0.588. The molecule has 0 aromatic heterocycles. The van der Waals surface area contributed by atoms with Crippen molar-refractivity contribution in [1.29, 1.82) is 0 Å². The van der Waals surface area contributed by atoms with Crippen molar-refractivity contribution in [3.63, 3.8) is 0 Å². The number of benzene rings is 1. The van der Waals surface area contributed by atoms with Crippen LogP contribution in [0.2, 0.25) is 0 Å². The minimum atomic E-state index is -0.484. The Labute approximate surface area is 132 Å². The molecule has 0 aliphatic carbocycles. The summed E-state index contributed by atoms with van der Waals surface area (Å²) in [4.78, 5) is 12.6. The highest BCUT2D eigenvalue weighted by Crippen LogP contribution is 2.33. The van der Waals surface area contributed by atoms with E-state index in [2.05, 4.69) is 5.32 Å². The molecule has 122 valence electrons. The van der Waals surface area contributed by atoms with Gasteiger partial charge in [0.15, 0.2) is 11.5 Å². The summed E-state index contributed by atoms with van der Waals surface area (Å²) in [5, 5.41) is 3.08. The first-order valence-corrected chi connectivity index (χ1v) is 7.97. The lowest BCUT2D eigenvalue weighted by molar-refractivity contribution is -0.131. The molecule has 0 spiro atoms. The van der Waals surface area contributed by atoms with Crippen molar-refractivity contribution in [2.75, 3.05) is 19.8 Å². The van der Waals surface area contributed by atoms with Crippen LogP contribution in [-0.2, 0) is 4.79 Å². The first-order chi connectivity index (χ1) is 10.6. The number of carbonyl (C=O) groups is 1. The highest BCUT2D eigenvalue weighted by molar-refractivity contribution is 5.83. The van der Waals surface area contributed by atoms with Crippen LogP contribution >= 0.6 is 0 Å². The quantitative estimate of drug-likeness (QED) is 0.846. The van der Waals surface area contributed by atoms with Crippen LogP contribution in [-0.4, -0.2) is 25.7 Å². The number of rotatable bonds is 6. The second kappa shape index (κ2) is 7.01. The molecule has 0 bridgehead atoms. The maximum Gasteiger partial charge on any atom is 0.227 e. The predicted octanol–water partition coefficient (Wildman–Crippen LogP) is 2.40. The number of nitrogens with two attached hydrogens (primary N) is 1. The van der Waals surface area contributed by atoms with Crippen molar-refractivity contribution in [2.45, 2.75) is 39.7 Å². The predicted molar refractivity (Wildman–Crippen MR) is 86.1 cm³/mol. The van der Waals surface area contributed by atoms with Crippen molar-refractivity contribution in [3.8, 4) is 11.5 Å². The van der Waals surface area contributed by atoms with E-state index in [4.69, 9.17) is 15.2 Å². The Bertz CT molecular complexity index is 518. The van der Waals surface area contributed by atoms with Gasteiger partial charge in [0.1, 0.15) is 13.2 Å². The van der Waals surface area contributed by atoms with Gasteiger partial charge in [-0.1, -0.05) is 19.9 Å². The summed E-state index contributed by atoms with van der Waals surface area (Å²) in [6.07, 6.45) is 1.47. The van der Waals surface area contributed by atoms with Gasteiger partial charge in [0.05, 0.1) is 11.5 Å². The molecule has 5 nitrogen and oxygen atoms in total. The van der Waals surface area contributed by atoms with Gasteiger partial charge in [0.2, 0.25) is 5.91 Å². The molecular weight excluding hydrogens is 280 g/mol. The first kappa shape index (κ1) is 16.6. The van der Waals surface area contributed by atoms with E-state index < -0.39 is 5.41 Å². The molecule has 22 heavy (non-hydrogen) atoms. The van der Waals surface area contributed by atoms with Crippen LogP contribution < -0.4 is 20.5 Å². The minimum absolute atomic E-state index is 0.0161. The van der Waals surface area contributed by atoms with E-state index in [1.165, 1.54) is 0 Å². The van der Waals surface area contributed by atoms with Crippen LogP contribution in [0.25, 0.3) is 0 Å². The summed E-state index contributed by atoms with van der Waals surface area (Å²) in [6, 6.07) is 5.68. The van der Waals surface area contributed by atoms with Gasteiger partial charge in [0.25, 0.3) is 0 Å². The van der Waals surface area contributed by atoms with E-state index in [0.717, 1.165) is 29.9 Å². The summed E-state index contributed by atoms with van der Waals surface area (Å²) in [5.41, 5.74) is 6.35. The van der Waals surface area contributed by atoms with Gasteiger partial charge in [-0.3, -0.25) is 4.79 Å². The summed E-state index contributed by atoms with van der Waals surface area (Å²) < 4.78 is 11.1. The molecule has 2 rings (SSSR count). The second-order valence-corrected chi connectivity index (χ2v) is 5.79. The Morgan fingerprint density at radius 2 is 1.91 bits per heavy atom. The van der Waals surface area contributed by atoms with Crippen molar-refractivity contribution in [1.82, 2.24) is 5.32 Å². The fourth-order valence-electron chi connectivity index (χ4n) is 2.71. The Kier molecular flexibility index (Phi) is 5.29. The molecule has 0 fully saturated rings. The number of amides is 1. The van der Waals surface area contributed by atoms with Crippen LogP contribution in [0, 0.1) is 5.41 Å². The van der Waals surface area contributed by atoms with Crippen LogP contribution in [0.4, 0.5) is 0 Å². The topological polar surface area (TPSA) is 73.6 Å². The summed E-state index contributed by atoms with van der Waals surface area (Å²) in [6.45, 7) is 7.47. The van der Waals surface area contributed by atoms with Crippen LogP contribution in [0.3, 0.4) is 0 Å². The fourth-order valence-corrected chi connectivity index (χ4v) is 2.71. The average molecular weight is 306 g/mol. The summed E-state index contributed by atoms with van der Waals surface area (Å²) in [5.74, 6) is 1.51. The van der Waals surface area contributed by atoms with Crippen LogP contribution in [0.15, 0.2) is 18.2 Å². The average Bonchev–Trinajstić information content (AvgIpc) is 2.56.